The topological polar surface area (TPSA) is 68.2 Å². The lowest BCUT2D eigenvalue weighted by molar-refractivity contribution is -0.0960. The van der Waals surface area contributed by atoms with Crippen molar-refractivity contribution in [2.24, 2.45) is 5.92 Å². The van der Waals surface area contributed by atoms with E-state index >= 15 is 0 Å². The van der Waals surface area contributed by atoms with Crippen molar-refractivity contribution in [1.82, 2.24) is 4.90 Å². The molecule has 0 bridgehead atoms. The molecule has 0 spiro atoms. The Labute approximate surface area is 178 Å². The molecule has 6 heteroatoms. The van der Waals surface area contributed by atoms with Gasteiger partial charge in [-0.25, -0.2) is 4.79 Å². The second-order valence-electron chi connectivity index (χ2n) is 8.15. The first-order valence-electron chi connectivity index (χ1n) is 10.2. The molecule has 0 saturated heterocycles. The van der Waals surface area contributed by atoms with E-state index in [-0.39, 0.29) is 18.0 Å². The van der Waals surface area contributed by atoms with Gasteiger partial charge in [0, 0.05) is 12.5 Å². The Morgan fingerprint density at radius 2 is 1.77 bits per heavy atom. The van der Waals surface area contributed by atoms with Gasteiger partial charge in [0.25, 0.3) is 0 Å². The van der Waals surface area contributed by atoms with Crippen molar-refractivity contribution >= 4 is 5.97 Å². The zero-order valence-corrected chi connectivity index (χ0v) is 18.1. The molecule has 6 nitrogen and oxygen atoms in total. The number of carbonyl (C=O) groups excluding carboxylic acids is 1. The maximum absolute atomic E-state index is 12.7. The second kappa shape index (κ2) is 9.49. The lowest BCUT2D eigenvalue weighted by Crippen LogP contribution is -2.47. The monoisotopic (exact) mass is 413 g/mol. The molecule has 0 radical (unpaired) electrons. The Hall–Kier alpha value is -2.57. The van der Waals surface area contributed by atoms with Crippen LogP contribution in [0.25, 0.3) is 0 Å². The third-order valence-corrected chi connectivity index (χ3v) is 5.80. The molecule has 3 rings (SSSR count). The zero-order chi connectivity index (χ0) is 21.7. The van der Waals surface area contributed by atoms with E-state index in [0.29, 0.717) is 37.1 Å². The molecule has 1 N–H and O–H groups in total. The highest BCUT2D eigenvalue weighted by molar-refractivity contribution is 5.90. The van der Waals surface area contributed by atoms with Gasteiger partial charge in [-0.05, 0) is 69.3 Å². The summed E-state index contributed by atoms with van der Waals surface area (Å²) in [6.45, 7) is 0.681. The molecule has 2 aromatic carbocycles. The molecule has 0 aliphatic heterocycles. The number of methoxy groups -OCH3 is 2. The molecule has 2 aromatic rings. The van der Waals surface area contributed by atoms with Gasteiger partial charge in [0.2, 0.25) is 0 Å². The standard InChI is InChI=1S/C24H31NO5/c1-25(2)16-19-15-22(30-23(26)17-7-5-9-20(13-17)28-3)11-12-24(19,27)18-8-6-10-21(14-18)29-4/h5-10,13-14,19,22,27H,11-12,15-16H2,1-4H3. The van der Waals surface area contributed by atoms with Crippen LogP contribution in [0.3, 0.4) is 0 Å². The Kier molecular flexibility index (Phi) is 7.00. The summed E-state index contributed by atoms with van der Waals surface area (Å²) >= 11 is 0. The van der Waals surface area contributed by atoms with E-state index in [1.54, 1.807) is 38.5 Å². The lowest BCUT2D eigenvalue weighted by atomic mass is 9.70. The number of hydrogen-bond donors (Lipinski definition) is 1. The van der Waals surface area contributed by atoms with Gasteiger partial charge in [0.15, 0.2) is 0 Å². The molecule has 1 aliphatic carbocycles. The Balaban J connectivity index is 1.77. The quantitative estimate of drug-likeness (QED) is 0.701. The van der Waals surface area contributed by atoms with Gasteiger partial charge in [0.05, 0.1) is 25.4 Å². The third kappa shape index (κ3) is 4.94. The summed E-state index contributed by atoms with van der Waals surface area (Å²) < 4.78 is 16.4. The average Bonchev–Trinajstić information content (AvgIpc) is 2.75. The average molecular weight is 414 g/mol. The normalized spacial score (nSPS) is 23.8. The van der Waals surface area contributed by atoms with Crippen molar-refractivity contribution in [1.29, 1.82) is 0 Å². The SMILES string of the molecule is COc1cccc(C(=O)OC2CCC(O)(c3cccc(OC)c3)C(CN(C)C)C2)c1. The predicted octanol–water partition coefficient (Wildman–Crippen LogP) is 3.48. The molecule has 1 aliphatic rings. The summed E-state index contributed by atoms with van der Waals surface area (Å²) in [6, 6.07) is 14.6. The maximum atomic E-state index is 12.7. The van der Waals surface area contributed by atoms with Crippen molar-refractivity contribution in [2.75, 3.05) is 34.9 Å². The van der Waals surface area contributed by atoms with Crippen LogP contribution in [0, 0.1) is 5.92 Å². The van der Waals surface area contributed by atoms with E-state index in [1.165, 1.54) is 0 Å². The maximum Gasteiger partial charge on any atom is 0.338 e. The van der Waals surface area contributed by atoms with Crippen molar-refractivity contribution in [3.63, 3.8) is 0 Å². The van der Waals surface area contributed by atoms with Crippen molar-refractivity contribution in [3.8, 4) is 11.5 Å². The largest absolute Gasteiger partial charge is 0.497 e. The molecule has 162 valence electrons. The van der Waals surface area contributed by atoms with E-state index in [9.17, 15) is 9.90 Å². The van der Waals surface area contributed by atoms with Crippen molar-refractivity contribution in [3.05, 3.63) is 59.7 Å². The van der Waals surface area contributed by atoms with Crippen LogP contribution in [-0.2, 0) is 10.3 Å². The minimum Gasteiger partial charge on any atom is -0.497 e. The summed E-state index contributed by atoms with van der Waals surface area (Å²) in [5.74, 6) is 0.882. The first-order chi connectivity index (χ1) is 14.4. The Morgan fingerprint density at radius 3 is 2.43 bits per heavy atom. The molecular formula is C24H31NO5. The molecule has 1 saturated carbocycles. The highest BCUT2D eigenvalue weighted by atomic mass is 16.5. The minimum absolute atomic E-state index is 0.0866. The van der Waals surface area contributed by atoms with Crippen LogP contribution < -0.4 is 9.47 Å². The fraction of sp³-hybridized carbons (Fsp3) is 0.458. The van der Waals surface area contributed by atoms with E-state index < -0.39 is 5.60 Å². The van der Waals surface area contributed by atoms with Gasteiger partial charge in [0.1, 0.15) is 17.6 Å². The highest BCUT2D eigenvalue weighted by Crippen LogP contribution is 2.43. The molecule has 30 heavy (non-hydrogen) atoms. The first kappa shape index (κ1) is 22.1. The molecule has 0 aromatic heterocycles. The van der Waals surface area contributed by atoms with Crippen molar-refractivity contribution in [2.45, 2.75) is 31.0 Å². The van der Waals surface area contributed by atoms with Crippen LogP contribution in [-0.4, -0.2) is 56.9 Å². The van der Waals surface area contributed by atoms with Gasteiger partial charge in [-0.2, -0.15) is 0 Å². The van der Waals surface area contributed by atoms with Gasteiger partial charge >= 0.3 is 5.97 Å². The second-order valence-corrected chi connectivity index (χ2v) is 8.15. The highest BCUT2D eigenvalue weighted by Gasteiger charge is 2.44. The van der Waals surface area contributed by atoms with Crippen LogP contribution in [0.2, 0.25) is 0 Å². The molecule has 3 unspecified atom stereocenters. The fourth-order valence-corrected chi connectivity index (χ4v) is 4.23. The lowest BCUT2D eigenvalue weighted by Gasteiger charge is -2.44. The molecule has 0 heterocycles. The van der Waals surface area contributed by atoms with E-state index in [4.69, 9.17) is 14.2 Å². The number of esters is 1. The minimum atomic E-state index is -1.00. The molecule has 0 amide bonds. The molecular weight excluding hydrogens is 382 g/mol. The van der Waals surface area contributed by atoms with Crippen LogP contribution in [0.5, 0.6) is 11.5 Å². The number of nitrogens with zero attached hydrogens (tertiary/aromatic N) is 1. The van der Waals surface area contributed by atoms with Crippen LogP contribution in [0.4, 0.5) is 0 Å². The molecule has 3 atom stereocenters. The van der Waals surface area contributed by atoms with Gasteiger partial charge < -0.3 is 24.2 Å². The van der Waals surface area contributed by atoms with Gasteiger partial charge in [-0.1, -0.05) is 18.2 Å². The number of aliphatic hydroxyl groups is 1. The number of rotatable bonds is 7. The van der Waals surface area contributed by atoms with E-state index in [2.05, 4.69) is 4.90 Å². The summed E-state index contributed by atoms with van der Waals surface area (Å²) in [5.41, 5.74) is 0.302. The number of carbonyl (C=O) groups is 1. The first-order valence-corrected chi connectivity index (χ1v) is 10.2. The van der Waals surface area contributed by atoms with Gasteiger partial charge in [-0.3, -0.25) is 0 Å². The van der Waals surface area contributed by atoms with Crippen LogP contribution >= 0.6 is 0 Å². The third-order valence-electron chi connectivity index (χ3n) is 5.80. The number of benzene rings is 2. The summed E-state index contributed by atoms with van der Waals surface area (Å²) in [7, 11) is 7.15. The number of ether oxygens (including phenoxy) is 3. The van der Waals surface area contributed by atoms with Crippen LogP contribution in [0.1, 0.15) is 35.2 Å². The summed E-state index contributed by atoms with van der Waals surface area (Å²) in [5, 5.41) is 11.7. The Morgan fingerprint density at radius 1 is 1.10 bits per heavy atom. The predicted molar refractivity (Wildman–Crippen MR) is 115 cm³/mol. The molecule has 1 fully saturated rings. The smallest absolute Gasteiger partial charge is 0.338 e. The van der Waals surface area contributed by atoms with E-state index in [0.717, 1.165) is 11.3 Å². The number of hydrogen-bond acceptors (Lipinski definition) is 6. The van der Waals surface area contributed by atoms with Gasteiger partial charge in [-0.15, -0.1) is 0 Å². The zero-order valence-electron chi connectivity index (χ0n) is 18.1. The summed E-state index contributed by atoms with van der Waals surface area (Å²) in [6.07, 6.45) is 1.43. The van der Waals surface area contributed by atoms with Crippen LogP contribution in [0.15, 0.2) is 48.5 Å². The summed E-state index contributed by atoms with van der Waals surface area (Å²) in [4.78, 5) is 14.7. The fourth-order valence-electron chi connectivity index (χ4n) is 4.23. The van der Waals surface area contributed by atoms with Crippen molar-refractivity contribution < 1.29 is 24.1 Å². The van der Waals surface area contributed by atoms with E-state index in [1.807, 2.05) is 38.4 Å². The Bertz CT molecular complexity index is 868.